The maximum atomic E-state index is 9.09. The van der Waals surface area contributed by atoms with Gasteiger partial charge in [-0.25, -0.2) is 0 Å². The van der Waals surface area contributed by atoms with E-state index in [1.807, 2.05) is 32.1 Å². The van der Waals surface area contributed by atoms with Gasteiger partial charge in [0, 0.05) is 5.41 Å². The van der Waals surface area contributed by atoms with Crippen LogP contribution in [0.1, 0.15) is 40.2 Å². The molecule has 0 spiro atoms. The molecule has 1 aromatic rings. The Bertz CT molecular complexity index is 389. The van der Waals surface area contributed by atoms with Crippen molar-refractivity contribution in [1.29, 1.82) is 0 Å². The molecule has 0 aliphatic carbocycles. The highest BCUT2D eigenvalue weighted by Gasteiger charge is 2.15. The second-order valence-corrected chi connectivity index (χ2v) is 5.70. The molecule has 0 saturated heterocycles. The maximum absolute atomic E-state index is 9.09. The van der Waals surface area contributed by atoms with Gasteiger partial charge in [-0.15, -0.1) is 0 Å². The number of phenolic OH excluding ortho intramolecular Hbond substituents is 1. The summed E-state index contributed by atoms with van der Waals surface area (Å²) >= 11 is 0. The molecule has 0 bridgehead atoms. The Labute approximate surface area is 111 Å². The molecule has 0 unspecified atom stereocenters. The van der Waals surface area contributed by atoms with Gasteiger partial charge in [0.05, 0.1) is 0 Å². The zero-order chi connectivity index (χ0) is 14.2. The van der Waals surface area contributed by atoms with Crippen LogP contribution in [0.2, 0.25) is 0 Å². The van der Waals surface area contributed by atoms with E-state index in [1.165, 1.54) is 0 Å². The number of aliphatic hydroxyl groups is 1. The zero-order valence-electron chi connectivity index (χ0n) is 12.0. The van der Waals surface area contributed by atoms with Crippen LogP contribution in [0.5, 0.6) is 5.75 Å². The predicted octanol–water partition coefficient (Wildman–Crippen LogP) is 3.96. The van der Waals surface area contributed by atoms with Crippen molar-refractivity contribution in [3.63, 3.8) is 0 Å². The molecule has 2 heteroatoms. The third-order valence-corrected chi connectivity index (χ3v) is 1.98. The van der Waals surface area contributed by atoms with E-state index in [1.54, 1.807) is 12.1 Å². The first-order chi connectivity index (χ1) is 8.26. The van der Waals surface area contributed by atoms with Gasteiger partial charge in [0.25, 0.3) is 0 Å². The van der Waals surface area contributed by atoms with Gasteiger partial charge in [0.2, 0.25) is 0 Å². The first kappa shape index (κ1) is 16.4. The van der Waals surface area contributed by atoms with E-state index < -0.39 is 0 Å². The Morgan fingerprint density at radius 2 is 1.56 bits per heavy atom. The third-order valence-electron chi connectivity index (χ3n) is 1.98. The number of benzene rings is 1. The number of rotatable bonds is 2. The highest BCUT2D eigenvalue weighted by Crippen LogP contribution is 2.21. The van der Waals surface area contributed by atoms with Crippen LogP contribution >= 0.6 is 0 Å². The standard InChI is InChI=1S/C12H14O2.C4H10/c1-12(2,7-8-13)9-10-3-5-11(14)6-4-10;1-4(2)3/h3-6,13-14H,9H2,1-2H3;4H,1-3H3. The van der Waals surface area contributed by atoms with Crippen LogP contribution in [0.25, 0.3) is 0 Å². The second-order valence-electron chi connectivity index (χ2n) is 5.70. The lowest BCUT2D eigenvalue weighted by molar-refractivity contribution is 0.468. The summed E-state index contributed by atoms with van der Waals surface area (Å²) in [4.78, 5) is 0. The van der Waals surface area contributed by atoms with Gasteiger partial charge in [-0.3, -0.25) is 0 Å². The lowest BCUT2D eigenvalue weighted by Crippen LogP contribution is -2.11. The van der Waals surface area contributed by atoms with Crippen molar-refractivity contribution in [3.05, 3.63) is 29.8 Å². The van der Waals surface area contributed by atoms with Crippen molar-refractivity contribution in [1.82, 2.24) is 0 Å². The molecular formula is C16H24O2. The molecule has 0 saturated carbocycles. The Kier molecular flexibility index (Phi) is 6.97. The summed E-state index contributed by atoms with van der Waals surface area (Å²) in [5.74, 6) is 3.83. The van der Waals surface area contributed by atoms with Crippen molar-refractivity contribution >= 4 is 0 Å². The molecule has 18 heavy (non-hydrogen) atoms. The Morgan fingerprint density at radius 3 is 1.94 bits per heavy atom. The Morgan fingerprint density at radius 1 is 1.11 bits per heavy atom. The molecule has 2 N–H and O–H groups in total. The van der Waals surface area contributed by atoms with Crippen LogP contribution in [-0.4, -0.2) is 10.2 Å². The molecule has 0 radical (unpaired) electrons. The second kappa shape index (κ2) is 7.66. The molecule has 0 aliphatic rings. The van der Waals surface area contributed by atoms with E-state index >= 15 is 0 Å². The summed E-state index contributed by atoms with van der Waals surface area (Å²) in [6.45, 7) is 10.4. The van der Waals surface area contributed by atoms with E-state index in [0.717, 1.165) is 17.9 Å². The molecule has 1 rings (SSSR count). The average Bonchev–Trinajstić information content (AvgIpc) is 2.20. The molecule has 0 amide bonds. The van der Waals surface area contributed by atoms with Gasteiger partial charge in [0.15, 0.2) is 0 Å². The molecule has 0 aromatic heterocycles. The predicted molar refractivity (Wildman–Crippen MR) is 75.8 cm³/mol. The third kappa shape index (κ3) is 8.52. The Hall–Kier alpha value is -1.62. The highest BCUT2D eigenvalue weighted by atomic mass is 16.3. The van der Waals surface area contributed by atoms with Gasteiger partial charge >= 0.3 is 0 Å². The lowest BCUT2D eigenvalue weighted by Gasteiger charge is -2.16. The van der Waals surface area contributed by atoms with Crippen LogP contribution in [0.3, 0.4) is 0 Å². The summed E-state index contributed by atoms with van der Waals surface area (Å²) in [6.07, 6.45) is 2.69. The van der Waals surface area contributed by atoms with Crippen molar-refractivity contribution in [2.24, 2.45) is 11.3 Å². The van der Waals surface area contributed by atoms with Crippen molar-refractivity contribution in [2.45, 2.75) is 41.0 Å². The highest BCUT2D eigenvalue weighted by molar-refractivity contribution is 5.27. The lowest BCUT2D eigenvalue weighted by atomic mass is 9.87. The fraction of sp³-hybridized carbons (Fsp3) is 0.500. The Balaban J connectivity index is 0.000000631. The van der Waals surface area contributed by atoms with Crippen LogP contribution in [0.15, 0.2) is 24.3 Å². The van der Waals surface area contributed by atoms with Crippen LogP contribution in [-0.2, 0) is 6.42 Å². The summed E-state index contributed by atoms with van der Waals surface area (Å²) in [6, 6.07) is 7.02. The van der Waals surface area contributed by atoms with Crippen LogP contribution in [0.4, 0.5) is 0 Å². The fourth-order valence-electron chi connectivity index (χ4n) is 1.32. The zero-order valence-corrected chi connectivity index (χ0v) is 12.0. The van der Waals surface area contributed by atoms with Gasteiger partial charge < -0.3 is 10.2 Å². The van der Waals surface area contributed by atoms with Crippen molar-refractivity contribution in [3.8, 4) is 17.8 Å². The number of hydrogen-bond donors (Lipinski definition) is 2. The van der Waals surface area contributed by atoms with E-state index in [9.17, 15) is 0 Å². The van der Waals surface area contributed by atoms with Crippen molar-refractivity contribution < 1.29 is 10.2 Å². The molecule has 1 aromatic carbocycles. The van der Waals surface area contributed by atoms with E-state index in [4.69, 9.17) is 10.2 Å². The van der Waals surface area contributed by atoms with Gasteiger partial charge in [-0.05, 0) is 43.9 Å². The molecule has 100 valence electrons. The quantitative estimate of drug-likeness (QED) is 0.778. The number of aliphatic hydroxyl groups excluding tert-OH is 1. The topological polar surface area (TPSA) is 40.5 Å². The SMILES string of the molecule is CC(C)(C#CO)Cc1ccc(O)cc1.CC(C)C. The summed E-state index contributed by atoms with van der Waals surface area (Å²) in [5, 5.41) is 17.6. The minimum absolute atomic E-state index is 0.244. The normalized spacial score (nSPS) is 10.1. The largest absolute Gasteiger partial charge is 0.508 e. The first-order valence-electron chi connectivity index (χ1n) is 6.21. The molecule has 0 heterocycles. The van der Waals surface area contributed by atoms with E-state index in [0.29, 0.717) is 0 Å². The number of hydrogen-bond acceptors (Lipinski definition) is 2. The van der Waals surface area contributed by atoms with E-state index in [-0.39, 0.29) is 11.2 Å². The minimum atomic E-state index is -0.244. The molecular weight excluding hydrogens is 224 g/mol. The molecule has 0 fully saturated rings. The summed E-state index contributed by atoms with van der Waals surface area (Å²) < 4.78 is 0. The molecule has 0 atom stereocenters. The summed E-state index contributed by atoms with van der Waals surface area (Å²) in [7, 11) is 0. The average molecular weight is 248 g/mol. The maximum Gasteiger partial charge on any atom is 0.115 e. The smallest absolute Gasteiger partial charge is 0.115 e. The molecule has 0 aliphatic heterocycles. The van der Waals surface area contributed by atoms with Gasteiger partial charge in [-0.1, -0.05) is 38.8 Å². The molecule has 2 nitrogen and oxygen atoms in total. The van der Waals surface area contributed by atoms with Gasteiger partial charge in [0.1, 0.15) is 11.9 Å². The van der Waals surface area contributed by atoms with Crippen LogP contribution < -0.4 is 0 Å². The fourth-order valence-corrected chi connectivity index (χ4v) is 1.32. The van der Waals surface area contributed by atoms with Gasteiger partial charge in [-0.2, -0.15) is 0 Å². The minimum Gasteiger partial charge on any atom is -0.508 e. The monoisotopic (exact) mass is 248 g/mol. The number of aromatic hydroxyl groups is 1. The first-order valence-corrected chi connectivity index (χ1v) is 6.21. The summed E-state index contributed by atoms with van der Waals surface area (Å²) in [5.41, 5.74) is 0.849. The van der Waals surface area contributed by atoms with Crippen LogP contribution in [0, 0.1) is 23.4 Å². The van der Waals surface area contributed by atoms with E-state index in [2.05, 4.69) is 26.7 Å². The number of phenols is 1. The van der Waals surface area contributed by atoms with Crippen molar-refractivity contribution in [2.75, 3.05) is 0 Å².